The summed E-state index contributed by atoms with van der Waals surface area (Å²) in [4.78, 5) is 21.3. The fraction of sp³-hybridized carbons (Fsp3) is 0.429. The predicted octanol–water partition coefficient (Wildman–Crippen LogP) is 2.54. The lowest BCUT2D eigenvalue weighted by Gasteiger charge is -2.20. The van der Waals surface area contributed by atoms with E-state index in [-0.39, 0.29) is 6.04 Å². The van der Waals surface area contributed by atoms with Gasteiger partial charge < -0.3 is 20.8 Å². The van der Waals surface area contributed by atoms with Crippen molar-refractivity contribution in [2.45, 2.75) is 32.1 Å². The van der Waals surface area contributed by atoms with Crippen LogP contribution < -0.4 is 5.73 Å². The summed E-state index contributed by atoms with van der Waals surface area (Å²) in [6.45, 7) is 2.77. The summed E-state index contributed by atoms with van der Waals surface area (Å²) in [5, 5.41) is 16.2. The van der Waals surface area contributed by atoms with Gasteiger partial charge in [-0.05, 0) is 18.9 Å². The molecule has 1 atom stereocenters. The number of hydrogen-bond donors (Lipinski definition) is 3. The van der Waals surface area contributed by atoms with Gasteiger partial charge in [-0.1, -0.05) is 30.3 Å². The zero-order valence-corrected chi connectivity index (χ0v) is 12.5. The highest BCUT2D eigenvalue weighted by Gasteiger charge is 2.38. The molecule has 0 aliphatic heterocycles. The van der Waals surface area contributed by atoms with Gasteiger partial charge in [0.05, 0.1) is 0 Å². The fourth-order valence-corrected chi connectivity index (χ4v) is 1.41. The summed E-state index contributed by atoms with van der Waals surface area (Å²) < 4.78 is 31.7. The number of nitrogens with two attached hydrogens (primary N) is 1. The summed E-state index contributed by atoms with van der Waals surface area (Å²) in [7, 11) is 0. The zero-order valence-electron chi connectivity index (χ0n) is 12.5. The van der Waals surface area contributed by atoms with Gasteiger partial charge in [-0.2, -0.15) is 13.2 Å². The number of alkyl halides is 3. The van der Waals surface area contributed by atoms with Crippen molar-refractivity contribution in [2.75, 3.05) is 6.54 Å². The fourth-order valence-electron chi connectivity index (χ4n) is 1.41. The molecule has 0 bridgehead atoms. The standard InChI is InChI=1S/C12H18N2O2.C2HF3O2/c1-10(13)7-8-14(12(15)16)9-11-5-3-2-4-6-11;3-2(4,5)1(6)7/h2-6,10H,7-9,13H2,1H3,(H,15,16);(H,6,7)/t10-;/m0./s1. The molecule has 0 radical (unpaired) electrons. The Kier molecular flexibility index (Phi) is 8.71. The van der Waals surface area contributed by atoms with E-state index in [0.29, 0.717) is 19.5 Å². The second-order valence-electron chi connectivity index (χ2n) is 4.76. The number of benzene rings is 1. The minimum atomic E-state index is -5.08. The zero-order chi connectivity index (χ0) is 18.0. The molecule has 23 heavy (non-hydrogen) atoms. The van der Waals surface area contributed by atoms with Crippen LogP contribution in [0.15, 0.2) is 30.3 Å². The van der Waals surface area contributed by atoms with Gasteiger partial charge in [0.15, 0.2) is 0 Å². The summed E-state index contributed by atoms with van der Waals surface area (Å²) in [5.74, 6) is -2.76. The Hall–Kier alpha value is -2.29. The quantitative estimate of drug-likeness (QED) is 0.766. The van der Waals surface area contributed by atoms with Crippen molar-refractivity contribution in [3.8, 4) is 0 Å². The molecule has 0 spiro atoms. The largest absolute Gasteiger partial charge is 0.490 e. The molecule has 1 rings (SSSR count). The van der Waals surface area contributed by atoms with Crippen LogP contribution in [0, 0.1) is 0 Å². The minimum Gasteiger partial charge on any atom is -0.475 e. The Bertz CT molecular complexity index is 493. The third-order valence-electron chi connectivity index (χ3n) is 2.58. The maximum atomic E-state index is 11.0. The van der Waals surface area contributed by atoms with Gasteiger partial charge in [0, 0.05) is 19.1 Å². The maximum absolute atomic E-state index is 11.0. The van der Waals surface area contributed by atoms with Gasteiger partial charge in [0.25, 0.3) is 0 Å². The molecule has 6 nitrogen and oxygen atoms in total. The number of nitrogens with zero attached hydrogens (tertiary/aromatic N) is 1. The molecule has 0 aromatic heterocycles. The van der Waals surface area contributed by atoms with Gasteiger partial charge >= 0.3 is 18.2 Å². The molecular weight excluding hydrogens is 317 g/mol. The molecule has 0 saturated heterocycles. The highest BCUT2D eigenvalue weighted by Crippen LogP contribution is 2.13. The van der Waals surface area contributed by atoms with Crippen molar-refractivity contribution in [2.24, 2.45) is 5.73 Å². The average molecular weight is 336 g/mol. The van der Waals surface area contributed by atoms with Crippen LogP contribution >= 0.6 is 0 Å². The van der Waals surface area contributed by atoms with Gasteiger partial charge in [-0.15, -0.1) is 0 Å². The molecule has 0 aliphatic rings. The van der Waals surface area contributed by atoms with E-state index in [1.54, 1.807) is 0 Å². The Balaban J connectivity index is 0.000000585. The molecule has 9 heteroatoms. The molecule has 0 fully saturated rings. The van der Waals surface area contributed by atoms with Crippen molar-refractivity contribution in [3.05, 3.63) is 35.9 Å². The number of amides is 1. The van der Waals surface area contributed by atoms with Crippen LogP contribution in [0.25, 0.3) is 0 Å². The summed E-state index contributed by atoms with van der Waals surface area (Å²) in [6.07, 6.45) is -5.30. The Morgan fingerprint density at radius 2 is 1.70 bits per heavy atom. The van der Waals surface area contributed by atoms with Crippen LogP contribution in [0.2, 0.25) is 0 Å². The van der Waals surface area contributed by atoms with Crippen LogP contribution in [0.3, 0.4) is 0 Å². The van der Waals surface area contributed by atoms with Crippen molar-refractivity contribution >= 4 is 12.1 Å². The number of rotatable bonds is 5. The summed E-state index contributed by atoms with van der Waals surface area (Å²) >= 11 is 0. The van der Waals surface area contributed by atoms with Crippen LogP contribution in [-0.4, -0.2) is 45.9 Å². The van der Waals surface area contributed by atoms with Crippen LogP contribution in [-0.2, 0) is 11.3 Å². The van der Waals surface area contributed by atoms with Crippen molar-refractivity contribution in [1.29, 1.82) is 0 Å². The van der Waals surface area contributed by atoms with Crippen molar-refractivity contribution < 1.29 is 33.0 Å². The Morgan fingerprint density at radius 3 is 2.04 bits per heavy atom. The predicted molar refractivity (Wildman–Crippen MR) is 76.8 cm³/mol. The molecule has 1 aromatic carbocycles. The number of carbonyl (C=O) groups is 2. The van der Waals surface area contributed by atoms with Crippen molar-refractivity contribution in [1.82, 2.24) is 4.90 Å². The first-order valence-electron chi connectivity index (χ1n) is 6.61. The van der Waals surface area contributed by atoms with E-state index in [2.05, 4.69) is 0 Å². The van der Waals surface area contributed by atoms with Gasteiger partial charge in [0.1, 0.15) is 0 Å². The summed E-state index contributed by atoms with van der Waals surface area (Å²) in [6, 6.07) is 9.58. The third kappa shape index (κ3) is 10.1. The molecule has 0 aliphatic carbocycles. The lowest BCUT2D eigenvalue weighted by molar-refractivity contribution is -0.192. The number of halogens is 3. The number of aliphatic carboxylic acids is 1. The molecule has 0 saturated carbocycles. The van der Waals surface area contributed by atoms with Gasteiger partial charge in [-0.25, -0.2) is 9.59 Å². The topological polar surface area (TPSA) is 104 Å². The minimum absolute atomic E-state index is 0.0256. The van der Waals surface area contributed by atoms with E-state index in [1.165, 1.54) is 4.90 Å². The lowest BCUT2D eigenvalue weighted by Crippen LogP contribution is -2.33. The van der Waals surface area contributed by atoms with E-state index >= 15 is 0 Å². The molecule has 4 N–H and O–H groups in total. The van der Waals surface area contributed by atoms with Crippen LogP contribution in [0.1, 0.15) is 18.9 Å². The Morgan fingerprint density at radius 1 is 1.22 bits per heavy atom. The van der Waals surface area contributed by atoms with E-state index in [1.807, 2.05) is 37.3 Å². The Labute approximate surface area is 131 Å². The SMILES string of the molecule is C[C@H](N)CCN(Cc1ccccc1)C(=O)O.O=C(O)C(F)(F)F. The molecule has 0 unspecified atom stereocenters. The first kappa shape index (κ1) is 20.7. The lowest BCUT2D eigenvalue weighted by atomic mass is 10.2. The van der Waals surface area contributed by atoms with E-state index in [4.69, 9.17) is 20.7 Å². The summed E-state index contributed by atoms with van der Waals surface area (Å²) in [5.41, 5.74) is 6.61. The monoisotopic (exact) mass is 336 g/mol. The number of carboxylic acids is 1. The second-order valence-corrected chi connectivity index (χ2v) is 4.76. The van der Waals surface area contributed by atoms with E-state index in [9.17, 15) is 18.0 Å². The second kappa shape index (κ2) is 9.67. The first-order valence-corrected chi connectivity index (χ1v) is 6.61. The number of hydrogen-bond acceptors (Lipinski definition) is 3. The third-order valence-corrected chi connectivity index (χ3v) is 2.58. The molecule has 0 heterocycles. The average Bonchev–Trinajstić information content (AvgIpc) is 2.43. The molecule has 1 amide bonds. The van der Waals surface area contributed by atoms with E-state index in [0.717, 1.165) is 5.56 Å². The van der Waals surface area contributed by atoms with Gasteiger partial charge in [0.2, 0.25) is 0 Å². The first-order chi connectivity index (χ1) is 10.5. The van der Waals surface area contributed by atoms with Crippen LogP contribution in [0.5, 0.6) is 0 Å². The normalized spacial score (nSPS) is 11.9. The van der Waals surface area contributed by atoms with Crippen molar-refractivity contribution in [3.63, 3.8) is 0 Å². The molecular formula is C14H19F3N2O4. The maximum Gasteiger partial charge on any atom is 0.490 e. The molecule has 1 aromatic rings. The van der Waals surface area contributed by atoms with Gasteiger partial charge in [-0.3, -0.25) is 0 Å². The highest BCUT2D eigenvalue weighted by atomic mass is 19.4. The smallest absolute Gasteiger partial charge is 0.475 e. The van der Waals surface area contributed by atoms with Crippen LogP contribution in [0.4, 0.5) is 18.0 Å². The molecule has 130 valence electrons. The number of carboxylic acid groups (broad SMARTS) is 2. The van der Waals surface area contributed by atoms with E-state index < -0.39 is 18.2 Å². The highest BCUT2D eigenvalue weighted by molar-refractivity contribution is 5.73.